The van der Waals surface area contributed by atoms with Crippen LogP contribution in [0.15, 0.2) is 24.3 Å². The van der Waals surface area contributed by atoms with Crippen LogP contribution in [0.1, 0.15) is 31.9 Å². The monoisotopic (exact) mass is 227 g/mol. The van der Waals surface area contributed by atoms with Gasteiger partial charge in [-0.25, -0.2) is 0 Å². The molecule has 0 spiro atoms. The van der Waals surface area contributed by atoms with Gasteiger partial charge in [-0.2, -0.15) is 0 Å². The topological polar surface area (TPSA) is 32.3 Å². The largest absolute Gasteiger partial charge is 0.394 e. The van der Waals surface area contributed by atoms with E-state index in [9.17, 15) is 5.11 Å². The van der Waals surface area contributed by atoms with Gasteiger partial charge in [0.15, 0.2) is 0 Å². The Morgan fingerprint density at radius 2 is 2.20 bits per heavy atom. The van der Waals surface area contributed by atoms with Gasteiger partial charge in [-0.15, -0.1) is 0 Å². The number of benzene rings is 1. The molecule has 0 saturated carbocycles. The third-order valence-corrected chi connectivity index (χ3v) is 2.77. The highest BCUT2D eigenvalue weighted by molar-refractivity contribution is 6.30. The van der Waals surface area contributed by atoms with Gasteiger partial charge in [0.25, 0.3) is 0 Å². The van der Waals surface area contributed by atoms with Crippen LogP contribution in [0.2, 0.25) is 5.02 Å². The Labute approximate surface area is 96.3 Å². The summed E-state index contributed by atoms with van der Waals surface area (Å²) in [6.07, 6.45) is 1.04. The van der Waals surface area contributed by atoms with Gasteiger partial charge in [-0.3, -0.25) is 0 Å². The molecule has 0 heterocycles. The Morgan fingerprint density at radius 1 is 1.47 bits per heavy atom. The lowest BCUT2D eigenvalue weighted by molar-refractivity contribution is 0.234. The molecule has 1 rings (SSSR count). The summed E-state index contributed by atoms with van der Waals surface area (Å²) in [5.41, 5.74) is 1.03. The zero-order chi connectivity index (χ0) is 11.3. The fourth-order valence-corrected chi connectivity index (χ4v) is 1.64. The van der Waals surface area contributed by atoms with E-state index in [1.807, 2.05) is 24.3 Å². The summed E-state index contributed by atoms with van der Waals surface area (Å²) in [7, 11) is 0. The molecule has 0 amide bonds. The van der Waals surface area contributed by atoms with Crippen molar-refractivity contribution in [3.8, 4) is 0 Å². The summed E-state index contributed by atoms with van der Waals surface area (Å²) in [5, 5.41) is 13.4. The van der Waals surface area contributed by atoms with Crippen molar-refractivity contribution in [2.24, 2.45) is 0 Å². The molecule has 0 fully saturated rings. The number of nitrogens with one attached hydrogen (secondary N) is 1. The van der Waals surface area contributed by atoms with Crippen molar-refractivity contribution >= 4 is 11.6 Å². The molecule has 0 aliphatic carbocycles. The third-order valence-electron chi connectivity index (χ3n) is 2.53. The summed E-state index contributed by atoms with van der Waals surface area (Å²) < 4.78 is 0. The van der Waals surface area contributed by atoms with Crippen molar-refractivity contribution in [2.45, 2.75) is 32.4 Å². The molecule has 2 unspecified atom stereocenters. The first-order chi connectivity index (χ1) is 7.17. The number of halogens is 1. The van der Waals surface area contributed by atoms with Crippen molar-refractivity contribution in [1.29, 1.82) is 0 Å². The Bertz CT molecular complexity index is 303. The normalized spacial score (nSPS) is 14.9. The second-order valence-corrected chi connectivity index (χ2v) is 4.20. The maximum absolute atomic E-state index is 9.31. The molecule has 3 heteroatoms. The van der Waals surface area contributed by atoms with E-state index in [0.29, 0.717) is 11.1 Å². The summed E-state index contributed by atoms with van der Waals surface area (Å²) in [6, 6.07) is 7.96. The standard InChI is InChI=1S/C12H18ClNO/c1-3-9(2)14-12(8-15)10-5-4-6-11(13)7-10/h4-7,9,12,14-15H,3,8H2,1-2H3. The van der Waals surface area contributed by atoms with E-state index in [1.54, 1.807) is 0 Å². The third kappa shape index (κ3) is 3.82. The highest BCUT2D eigenvalue weighted by Gasteiger charge is 2.12. The summed E-state index contributed by atoms with van der Waals surface area (Å²) in [6.45, 7) is 4.31. The minimum atomic E-state index is -0.0290. The van der Waals surface area contributed by atoms with E-state index < -0.39 is 0 Å². The lowest BCUT2D eigenvalue weighted by Gasteiger charge is -2.21. The first kappa shape index (κ1) is 12.5. The molecule has 2 N–H and O–H groups in total. The molecule has 0 bridgehead atoms. The lowest BCUT2D eigenvalue weighted by atomic mass is 10.1. The van der Waals surface area contributed by atoms with E-state index in [2.05, 4.69) is 19.2 Å². The molecule has 2 atom stereocenters. The SMILES string of the molecule is CCC(C)NC(CO)c1cccc(Cl)c1. The average molecular weight is 228 g/mol. The first-order valence-corrected chi connectivity index (χ1v) is 5.67. The zero-order valence-corrected chi connectivity index (χ0v) is 9.96. The average Bonchev–Trinajstić information content (AvgIpc) is 2.25. The fourth-order valence-electron chi connectivity index (χ4n) is 1.44. The second-order valence-electron chi connectivity index (χ2n) is 3.77. The molecule has 0 radical (unpaired) electrons. The van der Waals surface area contributed by atoms with Crippen molar-refractivity contribution in [3.63, 3.8) is 0 Å². The minimum Gasteiger partial charge on any atom is -0.394 e. The van der Waals surface area contributed by atoms with Crippen molar-refractivity contribution in [1.82, 2.24) is 5.32 Å². The fraction of sp³-hybridized carbons (Fsp3) is 0.500. The maximum Gasteiger partial charge on any atom is 0.0626 e. The maximum atomic E-state index is 9.31. The van der Waals surface area contributed by atoms with Crippen LogP contribution in [0, 0.1) is 0 Å². The number of rotatable bonds is 5. The number of aliphatic hydroxyl groups is 1. The highest BCUT2D eigenvalue weighted by atomic mass is 35.5. The van der Waals surface area contributed by atoms with Crippen LogP contribution < -0.4 is 5.32 Å². The minimum absolute atomic E-state index is 0.0290. The van der Waals surface area contributed by atoms with Crippen molar-refractivity contribution in [3.05, 3.63) is 34.9 Å². The Hall–Kier alpha value is -0.570. The van der Waals surface area contributed by atoms with Gasteiger partial charge in [-0.05, 0) is 31.0 Å². The first-order valence-electron chi connectivity index (χ1n) is 5.29. The lowest BCUT2D eigenvalue weighted by Crippen LogP contribution is -2.32. The predicted molar refractivity (Wildman–Crippen MR) is 64.2 cm³/mol. The van der Waals surface area contributed by atoms with E-state index in [4.69, 9.17) is 11.6 Å². The molecule has 84 valence electrons. The van der Waals surface area contributed by atoms with E-state index >= 15 is 0 Å². The number of aliphatic hydroxyl groups excluding tert-OH is 1. The molecule has 0 aliphatic rings. The molecular formula is C12H18ClNO. The molecule has 0 aliphatic heterocycles. The van der Waals surface area contributed by atoms with Gasteiger partial charge in [0.1, 0.15) is 0 Å². The van der Waals surface area contributed by atoms with Crippen LogP contribution in [0.25, 0.3) is 0 Å². The van der Waals surface area contributed by atoms with Gasteiger partial charge in [0.05, 0.1) is 12.6 Å². The van der Waals surface area contributed by atoms with Crippen LogP contribution in [0.3, 0.4) is 0 Å². The van der Waals surface area contributed by atoms with Crippen LogP contribution in [0.4, 0.5) is 0 Å². The van der Waals surface area contributed by atoms with E-state index in [0.717, 1.165) is 12.0 Å². The second kappa shape index (κ2) is 6.11. The molecule has 1 aromatic carbocycles. The number of hydrogen-bond acceptors (Lipinski definition) is 2. The van der Waals surface area contributed by atoms with E-state index in [1.165, 1.54) is 0 Å². The van der Waals surface area contributed by atoms with Crippen molar-refractivity contribution in [2.75, 3.05) is 6.61 Å². The van der Waals surface area contributed by atoms with Crippen molar-refractivity contribution < 1.29 is 5.11 Å². The Morgan fingerprint density at radius 3 is 2.73 bits per heavy atom. The number of hydrogen-bond donors (Lipinski definition) is 2. The predicted octanol–water partition coefficient (Wildman–Crippen LogP) is 2.76. The molecular weight excluding hydrogens is 210 g/mol. The van der Waals surface area contributed by atoms with Crippen LogP contribution in [-0.4, -0.2) is 17.8 Å². The zero-order valence-electron chi connectivity index (χ0n) is 9.20. The molecule has 15 heavy (non-hydrogen) atoms. The highest BCUT2D eigenvalue weighted by Crippen LogP contribution is 2.18. The molecule has 2 nitrogen and oxygen atoms in total. The van der Waals surface area contributed by atoms with Gasteiger partial charge >= 0.3 is 0 Å². The smallest absolute Gasteiger partial charge is 0.0626 e. The Balaban J connectivity index is 2.73. The van der Waals surface area contributed by atoms with Crippen LogP contribution >= 0.6 is 11.6 Å². The molecule has 0 aromatic heterocycles. The Kier molecular flexibility index (Phi) is 5.09. The summed E-state index contributed by atoms with van der Waals surface area (Å²) in [5.74, 6) is 0. The van der Waals surface area contributed by atoms with Gasteiger partial charge in [0.2, 0.25) is 0 Å². The molecule has 0 saturated heterocycles. The summed E-state index contributed by atoms with van der Waals surface area (Å²) >= 11 is 5.91. The molecule has 1 aromatic rings. The van der Waals surface area contributed by atoms with Gasteiger partial charge in [-0.1, -0.05) is 30.7 Å². The van der Waals surface area contributed by atoms with Gasteiger partial charge in [0, 0.05) is 11.1 Å². The van der Waals surface area contributed by atoms with E-state index in [-0.39, 0.29) is 12.6 Å². The van der Waals surface area contributed by atoms with Gasteiger partial charge < -0.3 is 10.4 Å². The van der Waals surface area contributed by atoms with Crippen LogP contribution in [0.5, 0.6) is 0 Å². The summed E-state index contributed by atoms with van der Waals surface area (Å²) in [4.78, 5) is 0. The quantitative estimate of drug-likeness (QED) is 0.811. The van der Waals surface area contributed by atoms with Crippen LogP contribution in [-0.2, 0) is 0 Å².